The van der Waals surface area contributed by atoms with Gasteiger partial charge in [-0.2, -0.15) is 10.1 Å². The molecular weight excluding hydrogens is 394 g/mol. The number of aromatic nitrogens is 4. The molecule has 3 heterocycles. The van der Waals surface area contributed by atoms with Crippen LogP contribution in [-0.4, -0.2) is 44.3 Å². The van der Waals surface area contributed by atoms with Crippen LogP contribution in [0.2, 0.25) is 0 Å². The molecule has 8 heteroatoms. The third-order valence-corrected chi connectivity index (χ3v) is 5.46. The van der Waals surface area contributed by atoms with Crippen molar-refractivity contribution >= 4 is 16.8 Å². The van der Waals surface area contributed by atoms with E-state index in [2.05, 4.69) is 27.3 Å². The van der Waals surface area contributed by atoms with Crippen LogP contribution >= 0.6 is 0 Å². The van der Waals surface area contributed by atoms with Gasteiger partial charge in [0.25, 0.3) is 5.89 Å². The van der Waals surface area contributed by atoms with Gasteiger partial charge in [-0.15, -0.1) is 0 Å². The number of hydrogen-bond acceptors (Lipinski definition) is 6. The van der Waals surface area contributed by atoms with Gasteiger partial charge in [0, 0.05) is 30.8 Å². The summed E-state index contributed by atoms with van der Waals surface area (Å²) in [5.74, 6) is 1.75. The highest BCUT2D eigenvalue weighted by atomic mass is 16.5. The average molecular weight is 417 g/mol. The number of hydrogen-bond donors (Lipinski definition) is 1. The summed E-state index contributed by atoms with van der Waals surface area (Å²) >= 11 is 0. The molecule has 1 aliphatic heterocycles. The predicted octanol–water partition coefficient (Wildman–Crippen LogP) is 3.92. The molecule has 2 aromatic carbocycles. The zero-order valence-corrected chi connectivity index (χ0v) is 17.2. The van der Waals surface area contributed by atoms with Crippen molar-refractivity contribution in [3.63, 3.8) is 0 Å². The van der Waals surface area contributed by atoms with E-state index in [0.29, 0.717) is 43.5 Å². The second kappa shape index (κ2) is 8.22. The topological polar surface area (TPSA) is 97.1 Å². The molecule has 0 spiro atoms. The normalized spacial score (nSPS) is 16.4. The highest BCUT2D eigenvalue weighted by molar-refractivity contribution is 5.90. The van der Waals surface area contributed by atoms with Crippen molar-refractivity contribution in [1.82, 2.24) is 25.2 Å². The number of para-hydroxylation sites is 1. The predicted molar refractivity (Wildman–Crippen MR) is 114 cm³/mol. The molecular formula is C23H23N5O3. The van der Waals surface area contributed by atoms with Crippen molar-refractivity contribution in [3.8, 4) is 17.3 Å². The van der Waals surface area contributed by atoms with E-state index in [1.807, 2.05) is 53.4 Å². The van der Waals surface area contributed by atoms with Crippen LogP contribution in [0.15, 0.2) is 53.1 Å². The first kappa shape index (κ1) is 19.3. The lowest BCUT2D eigenvalue weighted by molar-refractivity contribution is -0.128. The molecule has 0 saturated carbocycles. The van der Waals surface area contributed by atoms with E-state index >= 15 is 0 Å². The van der Waals surface area contributed by atoms with Crippen molar-refractivity contribution < 1.29 is 14.1 Å². The lowest BCUT2D eigenvalue weighted by Gasteiger charge is -2.16. The third kappa shape index (κ3) is 3.88. The number of H-pyrrole nitrogens is 1. The number of carbonyl (C=O) groups excluding carboxylic acids is 1. The molecule has 0 aliphatic carbocycles. The number of nitrogens with one attached hydrogen (secondary N) is 1. The molecule has 2 aromatic heterocycles. The minimum absolute atomic E-state index is 0.0906. The van der Waals surface area contributed by atoms with Crippen molar-refractivity contribution in [3.05, 3.63) is 59.9 Å². The number of amides is 1. The van der Waals surface area contributed by atoms with Gasteiger partial charge in [-0.1, -0.05) is 42.4 Å². The summed E-state index contributed by atoms with van der Waals surface area (Å²) in [4.78, 5) is 19.0. The zero-order chi connectivity index (χ0) is 21.2. The smallest absolute Gasteiger partial charge is 0.279 e. The maximum Gasteiger partial charge on any atom is 0.279 e. The van der Waals surface area contributed by atoms with Gasteiger partial charge in [-0.25, -0.2) is 0 Å². The summed E-state index contributed by atoms with van der Waals surface area (Å²) in [6, 6.07) is 15.7. The minimum atomic E-state index is -0.0950. The first-order valence-corrected chi connectivity index (χ1v) is 10.5. The molecule has 1 unspecified atom stereocenters. The van der Waals surface area contributed by atoms with Crippen LogP contribution in [0.25, 0.3) is 22.5 Å². The first-order valence-electron chi connectivity index (χ1n) is 10.5. The Bertz CT molecular complexity index is 1200. The van der Waals surface area contributed by atoms with Crippen LogP contribution in [0.4, 0.5) is 0 Å². The fraction of sp³-hybridized carbons (Fsp3) is 0.304. The number of carbonyl (C=O) groups is 1. The third-order valence-electron chi connectivity index (χ3n) is 5.46. The second-order valence-electron chi connectivity index (χ2n) is 7.74. The Morgan fingerprint density at radius 3 is 2.87 bits per heavy atom. The molecule has 4 aromatic rings. The summed E-state index contributed by atoms with van der Waals surface area (Å²) in [7, 11) is 0. The van der Waals surface area contributed by atoms with Crippen LogP contribution in [0.5, 0.6) is 5.75 Å². The van der Waals surface area contributed by atoms with Gasteiger partial charge in [0.1, 0.15) is 5.75 Å². The van der Waals surface area contributed by atoms with Crippen molar-refractivity contribution in [1.29, 1.82) is 0 Å². The van der Waals surface area contributed by atoms with E-state index in [0.717, 1.165) is 28.6 Å². The largest absolute Gasteiger partial charge is 0.494 e. The van der Waals surface area contributed by atoms with E-state index in [-0.39, 0.29) is 11.8 Å². The quantitative estimate of drug-likeness (QED) is 0.490. The van der Waals surface area contributed by atoms with Crippen molar-refractivity contribution in [2.45, 2.75) is 32.2 Å². The SMILES string of the molecule is CCCOc1ccc(CN2CC(c3noc(-c4n[nH]c5ccccc45)n3)CC2=O)cc1. The number of benzene rings is 2. The maximum absolute atomic E-state index is 12.6. The zero-order valence-electron chi connectivity index (χ0n) is 17.2. The summed E-state index contributed by atoms with van der Waals surface area (Å²) in [6.07, 6.45) is 1.34. The summed E-state index contributed by atoms with van der Waals surface area (Å²) in [6.45, 7) is 3.89. The van der Waals surface area contributed by atoms with Crippen LogP contribution in [0, 0.1) is 0 Å². The number of ether oxygens (including phenoxy) is 1. The van der Waals surface area contributed by atoms with Crippen LogP contribution in [0.1, 0.15) is 37.1 Å². The molecule has 31 heavy (non-hydrogen) atoms. The fourth-order valence-electron chi connectivity index (χ4n) is 3.85. The van der Waals surface area contributed by atoms with Crippen LogP contribution < -0.4 is 4.74 Å². The molecule has 1 N–H and O–H groups in total. The Labute approximate surface area is 179 Å². The standard InChI is InChI=1S/C23H23N5O3/c1-2-11-30-17-9-7-15(8-10-17)13-28-14-16(12-20(28)29)22-24-23(31-27-22)21-18-5-3-4-6-19(18)25-26-21/h3-10,16H,2,11-14H2,1H3,(H,25,26). The number of rotatable bonds is 7. The molecule has 1 amide bonds. The van der Waals surface area contributed by atoms with E-state index in [9.17, 15) is 4.79 Å². The number of likely N-dealkylation sites (tertiary alicyclic amines) is 1. The van der Waals surface area contributed by atoms with Crippen molar-refractivity contribution in [2.24, 2.45) is 0 Å². The molecule has 1 fully saturated rings. The fourth-order valence-corrected chi connectivity index (χ4v) is 3.85. The van der Waals surface area contributed by atoms with Gasteiger partial charge in [0.2, 0.25) is 5.91 Å². The molecule has 5 rings (SSSR count). The molecule has 1 atom stereocenters. The van der Waals surface area contributed by atoms with Crippen LogP contribution in [-0.2, 0) is 11.3 Å². The van der Waals surface area contributed by atoms with Gasteiger partial charge in [0.05, 0.1) is 12.1 Å². The maximum atomic E-state index is 12.6. The van der Waals surface area contributed by atoms with E-state index in [1.54, 1.807) is 0 Å². The molecule has 0 bridgehead atoms. The van der Waals surface area contributed by atoms with Crippen molar-refractivity contribution in [2.75, 3.05) is 13.2 Å². The Balaban J connectivity index is 1.27. The highest BCUT2D eigenvalue weighted by Gasteiger charge is 2.34. The van der Waals surface area contributed by atoms with Gasteiger partial charge < -0.3 is 14.2 Å². The summed E-state index contributed by atoms with van der Waals surface area (Å²) in [5, 5.41) is 12.3. The second-order valence-corrected chi connectivity index (χ2v) is 7.74. The molecule has 8 nitrogen and oxygen atoms in total. The summed E-state index contributed by atoms with van der Waals surface area (Å²) < 4.78 is 11.1. The van der Waals surface area contributed by atoms with Gasteiger partial charge >= 0.3 is 0 Å². The Kier molecular flexibility index (Phi) is 5.11. The minimum Gasteiger partial charge on any atom is -0.494 e. The Hall–Kier alpha value is -3.68. The van der Waals surface area contributed by atoms with E-state index in [4.69, 9.17) is 9.26 Å². The Morgan fingerprint density at radius 2 is 2.03 bits per heavy atom. The van der Waals surface area contributed by atoms with Gasteiger partial charge in [0.15, 0.2) is 11.5 Å². The lowest BCUT2D eigenvalue weighted by Crippen LogP contribution is -2.24. The number of nitrogens with zero attached hydrogens (tertiary/aromatic N) is 4. The van der Waals surface area contributed by atoms with Gasteiger partial charge in [-0.05, 0) is 30.2 Å². The van der Waals surface area contributed by atoms with Gasteiger partial charge in [-0.3, -0.25) is 9.89 Å². The van der Waals surface area contributed by atoms with E-state index in [1.165, 1.54) is 0 Å². The summed E-state index contributed by atoms with van der Waals surface area (Å²) in [5.41, 5.74) is 2.60. The molecule has 1 aliphatic rings. The lowest BCUT2D eigenvalue weighted by atomic mass is 10.1. The first-order chi connectivity index (χ1) is 15.2. The van der Waals surface area contributed by atoms with Crippen LogP contribution in [0.3, 0.4) is 0 Å². The number of aromatic amines is 1. The molecule has 0 radical (unpaired) electrons. The van der Waals surface area contributed by atoms with E-state index < -0.39 is 0 Å². The molecule has 158 valence electrons. The highest BCUT2D eigenvalue weighted by Crippen LogP contribution is 2.30. The Morgan fingerprint density at radius 1 is 1.19 bits per heavy atom. The number of fused-ring (bicyclic) bond motifs is 1. The monoisotopic (exact) mass is 417 g/mol. The molecule has 1 saturated heterocycles. The average Bonchev–Trinajstić information content (AvgIpc) is 3.52.